The van der Waals surface area contributed by atoms with Gasteiger partial charge in [0.2, 0.25) is 0 Å². The summed E-state index contributed by atoms with van der Waals surface area (Å²) in [5.41, 5.74) is -0.0745. The average Bonchev–Trinajstić information content (AvgIpc) is 3.33. The van der Waals surface area contributed by atoms with E-state index in [0.29, 0.717) is 11.7 Å². The third-order valence-corrected chi connectivity index (χ3v) is 6.99. The van der Waals surface area contributed by atoms with Gasteiger partial charge >= 0.3 is 0 Å². The zero-order valence-electron chi connectivity index (χ0n) is 16.8. The number of fused-ring (bicyclic) bond motifs is 1. The van der Waals surface area contributed by atoms with Crippen molar-refractivity contribution in [2.75, 3.05) is 20.1 Å². The van der Waals surface area contributed by atoms with E-state index in [1.54, 1.807) is 0 Å². The second kappa shape index (κ2) is 9.36. The highest BCUT2D eigenvalue weighted by atomic mass is 16.1. The Kier molecular flexibility index (Phi) is 7.78. The maximum Gasteiger partial charge on any atom is 0.141 e. The summed E-state index contributed by atoms with van der Waals surface area (Å²) in [6, 6.07) is 0. The van der Waals surface area contributed by atoms with Crippen molar-refractivity contribution in [3.63, 3.8) is 0 Å². The molecule has 1 heterocycles. The molecule has 1 saturated heterocycles. The predicted molar refractivity (Wildman–Crippen MR) is 103 cm³/mol. The Bertz CT molecular complexity index is 393. The third-order valence-electron chi connectivity index (χ3n) is 6.99. The summed E-state index contributed by atoms with van der Waals surface area (Å²) in [5.74, 6) is 2.79. The van der Waals surface area contributed by atoms with Crippen molar-refractivity contribution in [1.29, 1.82) is 0 Å². The van der Waals surface area contributed by atoms with Crippen LogP contribution in [0.1, 0.15) is 91.4 Å². The summed E-state index contributed by atoms with van der Waals surface area (Å²) in [5, 5.41) is 0. The van der Waals surface area contributed by atoms with Gasteiger partial charge in [0.15, 0.2) is 0 Å². The molecule has 0 bridgehead atoms. The lowest BCUT2D eigenvalue weighted by atomic mass is 9.71. The predicted octanol–water partition coefficient (Wildman–Crippen LogP) is 5.70. The number of Topliss-reactive ketones (excluding diaryl/α,β-unsaturated/α-hetero) is 1. The first-order chi connectivity index (χ1) is 11.5. The fourth-order valence-corrected chi connectivity index (χ4v) is 4.73. The van der Waals surface area contributed by atoms with E-state index in [4.69, 9.17) is 0 Å². The maximum atomic E-state index is 13.3. The van der Waals surface area contributed by atoms with Gasteiger partial charge < -0.3 is 4.90 Å². The fourth-order valence-electron chi connectivity index (χ4n) is 4.73. The van der Waals surface area contributed by atoms with Crippen molar-refractivity contribution in [2.24, 2.45) is 23.2 Å². The van der Waals surface area contributed by atoms with Crippen molar-refractivity contribution >= 4 is 5.78 Å². The molecule has 2 heteroatoms. The minimum Gasteiger partial charge on any atom is -0.306 e. The molecule has 0 aromatic rings. The van der Waals surface area contributed by atoms with Gasteiger partial charge in [-0.1, -0.05) is 40.0 Å². The quantitative estimate of drug-likeness (QED) is 0.659. The van der Waals surface area contributed by atoms with Gasteiger partial charge in [-0.15, -0.1) is 0 Å². The Hall–Kier alpha value is -0.370. The van der Waals surface area contributed by atoms with Gasteiger partial charge in [0, 0.05) is 11.3 Å². The zero-order chi connectivity index (χ0) is 17.6. The van der Waals surface area contributed by atoms with Crippen molar-refractivity contribution in [3.05, 3.63) is 0 Å². The van der Waals surface area contributed by atoms with Gasteiger partial charge in [0.1, 0.15) is 5.78 Å². The molecule has 0 aromatic carbocycles. The van der Waals surface area contributed by atoms with Gasteiger partial charge in [-0.3, -0.25) is 4.79 Å². The van der Waals surface area contributed by atoms with Crippen LogP contribution in [0.4, 0.5) is 0 Å². The summed E-state index contributed by atoms with van der Waals surface area (Å²) >= 11 is 0. The van der Waals surface area contributed by atoms with Crippen LogP contribution in [0.3, 0.4) is 0 Å². The van der Waals surface area contributed by atoms with Crippen LogP contribution in [0.15, 0.2) is 0 Å². The van der Waals surface area contributed by atoms with E-state index in [9.17, 15) is 4.79 Å². The van der Waals surface area contributed by atoms with E-state index in [0.717, 1.165) is 43.9 Å². The van der Waals surface area contributed by atoms with Crippen molar-refractivity contribution in [1.82, 2.24) is 4.90 Å². The molecular weight excluding hydrogens is 294 g/mol. The second-order valence-corrected chi connectivity index (χ2v) is 9.00. The van der Waals surface area contributed by atoms with Crippen LogP contribution < -0.4 is 0 Å². The summed E-state index contributed by atoms with van der Waals surface area (Å²) in [6.07, 6.45) is 13.4. The monoisotopic (exact) mass is 335 g/mol. The molecule has 0 aromatic heterocycles. The molecule has 0 radical (unpaired) electrons. The van der Waals surface area contributed by atoms with Crippen LogP contribution in [0.2, 0.25) is 0 Å². The van der Waals surface area contributed by atoms with Gasteiger partial charge in [0.05, 0.1) is 0 Å². The molecule has 2 aliphatic rings. The van der Waals surface area contributed by atoms with Crippen LogP contribution in [-0.4, -0.2) is 30.8 Å². The molecule has 1 saturated carbocycles. The topological polar surface area (TPSA) is 20.3 Å². The van der Waals surface area contributed by atoms with Gasteiger partial charge in [-0.2, -0.15) is 0 Å². The van der Waals surface area contributed by atoms with Gasteiger partial charge in [0.25, 0.3) is 0 Å². The molecule has 1 aliphatic carbocycles. The molecule has 2 rings (SSSR count). The Labute approximate surface area is 150 Å². The van der Waals surface area contributed by atoms with E-state index in [2.05, 4.69) is 32.7 Å². The first kappa shape index (κ1) is 19.9. The molecule has 4 atom stereocenters. The molecule has 1 aliphatic heterocycles. The molecule has 2 nitrogen and oxygen atoms in total. The van der Waals surface area contributed by atoms with Gasteiger partial charge in [-0.25, -0.2) is 0 Å². The van der Waals surface area contributed by atoms with Crippen LogP contribution in [0.25, 0.3) is 0 Å². The fraction of sp³-hybridized carbons (Fsp3) is 0.955. The molecule has 0 amide bonds. The Morgan fingerprint density at radius 3 is 2.50 bits per heavy atom. The molecule has 24 heavy (non-hydrogen) atoms. The van der Waals surface area contributed by atoms with E-state index in [1.807, 2.05) is 0 Å². The largest absolute Gasteiger partial charge is 0.306 e. The van der Waals surface area contributed by atoms with E-state index in [-0.39, 0.29) is 5.41 Å². The Morgan fingerprint density at radius 2 is 1.79 bits per heavy atom. The first-order valence-corrected chi connectivity index (χ1v) is 10.7. The standard InChI is InChI=1S/C22H41NO/c1-5-10-18-11-12-19-17-20(19)13-16-23(4)15-9-7-8-14-22(3,6-2)21(18)24/h18-20H,5-17H2,1-4H3. The first-order valence-electron chi connectivity index (χ1n) is 10.7. The lowest BCUT2D eigenvalue weighted by molar-refractivity contribution is -0.133. The number of nitrogens with zero attached hydrogens (tertiary/aromatic N) is 1. The number of hydrogen-bond donors (Lipinski definition) is 0. The van der Waals surface area contributed by atoms with Crippen molar-refractivity contribution in [3.8, 4) is 0 Å². The summed E-state index contributed by atoms with van der Waals surface area (Å²) in [4.78, 5) is 15.8. The van der Waals surface area contributed by atoms with Crippen molar-refractivity contribution < 1.29 is 4.79 Å². The maximum absolute atomic E-state index is 13.3. The molecule has 2 fully saturated rings. The lowest BCUT2D eigenvalue weighted by Crippen LogP contribution is -2.33. The number of hydrogen-bond acceptors (Lipinski definition) is 2. The summed E-state index contributed by atoms with van der Waals surface area (Å²) < 4.78 is 0. The molecule has 0 N–H and O–H groups in total. The lowest BCUT2D eigenvalue weighted by Gasteiger charge is -2.31. The number of ketones is 1. The van der Waals surface area contributed by atoms with Crippen LogP contribution >= 0.6 is 0 Å². The zero-order valence-corrected chi connectivity index (χ0v) is 16.8. The van der Waals surface area contributed by atoms with Crippen LogP contribution in [-0.2, 0) is 4.79 Å². The van der Waals surface area contributed by atoms with Crippen LogP contribution in [0.5, 0.6) is 0 Å². The Morgan fingerprint density at radius 1 is 1.04 bits per heavy atom. The summed E-state index contributed by atoms with van der Waals surface area (Å²) in [7, 11) is 2.28. The van der Waals surface area contributed by atoms with E-state index >= 15 is 0 Å². The second-order valence-electron chi connectivity index (χ2n) is 9.00. The highest BCUT2D eigenvalue weighted by Crippen LogP contribution is 2.46. The molecular formula is C22H41NO. The van der Waals surface area contributed by atoms with Crippen molar-refractivity contribution in [2.45, 2.75) is 91.4 Å². The number of carbonyl (C=O) groups excluding carboxylic acids is 1. The van der Waals surface area contributed by atoms with E-state index < -0.39 is 0 Å². The third kappa shape index (κ3) is 5.58. The van der Waals surface area contributed by atoms with Crippen LogP contribution in [0, 0.1) is 23.2 Å². The Balaban J connectivity index is 2.02. The van der Waals surface area contributed by atoms with E-state index in [1.165, 1.54) is 51.6 Å². The van der Waals surface area contributed by atoms with Gasteiger partial charge in [-0.05, 0) is 83.3 Å². The molecule has 140 valence electrons. The smallest absolute Gasteiger partial charge is 0.141 e. The summed E-state index contributed by atoms with van der Waals surface area (Å²) in [6.45, 7) is 9.21. The normalized spacial score (nSPS) is 37.3. The molecule has 4 unspecified atom stereocenters. The highest BCUT2D eigenvalue weighted by Gasteiger charge is 2.39. The molecule has 0 spiro atoms. The minimum absolute atomic E-state index is 0.0745. The average molecular weight is 336 g/mol. The number of carbonyl (C=O) groups is 1. The number of rotatable bonds is 3. The minimum atomic E-state index is -0.0745. The SMILES string of the molecule is CCCC1CCC2CC2CCN(C)CCCCCC(C)(CC)C1=O. The highest BCUT2D eigenvalue weighted by molar-refractivity contribution is 5.86.